The van der Waals surface area contributed by atoms with Crippen LogP contribution in [-0.2, 0) is 6.18 Å². The highest BCUT2D eigenvalue weighted by Crippen LogP contribution is 2.39. The standard InChI is InChI=1S/C17H18F3N5O2.C4H10/c1-2-8-26-13-6-5-10(9-11(13)17(18,19)20)14-23-15(27-24-14)12-4-3-7-25(12)16(21)22;1-3-4-2/h2,5-6,9,12H,1,3-4,7-8H2,(H3,21,22);3-4H2,1-2H3/t12-;/m0./s1. The van der Waals surface area contributed by atoms with Crippen molar-refractivity contribution >= 4 is 5.96 Å². The normalized spacial score (nSPS) is 15.9. The Morgan fingerprint density at radius 3 is 2.68 bits per heavy atom. The number of halogens is 3. The fraction of sp³-hybridized carbons (Fsp3) is 0.476. The maximum absolute atomic E-state index is 13.3. The summed E-state index contributed by atoms with van der Waals surface area (Å²) in [6, 6.07) is 3.22. The van der Waals surface area contributed by atoms with Crippen molar-refractivity contribution in [2.24, 2.45) is 5.73 Å². The van der Waals surface area contributed by atoms with Gasteiger partial charge in [-0.3, -0.25) is 5.41 Å². The molecule has 2 aromatic rings. The summed E-state index contributed by atoms with van der Waals surface area (Å²) >= 11 is 0. The molecule has 31 heavy (non-hydrogen) atoms. The molecule has 0 aliphatic carbocycles. The number of nitrogens with zero attached hydrogens (tertiary/aromatic N) is 3. The van der Waals surface area contributed by atoms with Crippen LogP contribution in [0.1, 0.15) is 57.0 Å². The minimum atomic E-state index is -4.60. The molecule has 7 nitrogen and oxygen atoms in total. The van der Waals surface area contributed by atoms with E-state index in [1.54, 1.807) is 4.90 Å². The van der Waals surface area contributed by atoms with Crippen molar-refractivity contribution in [3.63, 3.8) is 0 Å². The lowest BCUT2D eigenvalue weighted by Gasteiger charge is -2.21. The third-order valence-electron chi connectivity index (χ3n) is 4.69. The predicted molar refractivity (Wildman–Crippen MR) is 112 cm³/mol. The predicted octanol–water partition coefficient (Wildman–Crippen LogP) is 5.16. The maximum Gasteiger partial charge on any atom is 0.419 e. The van der Waals surface area contributed by atoms with Gasteiger partial charge < -0.3 is 19.9 Å². The number of benzene rings is 1. The lowest BCUT2D eigenvalue weighted by Crippen LogP contribution is -2.35. The number of ether oxygens (including phenoxy) is 1. The van der Waals surface area contributed by atoms with E-state index in [0.29, 0.717) is 13.0 Å². The summed E-state index contributed by atoms with van der Waals surface area (Å²) in [5, 5.41) is 11.4. The minimum absolute atomic E-state index is 0.0289. The highest BCUT2D eigenvalue weighted by atomic mass is 19.4. The average molecular weight is 439 g/mol. The number of hydrogen-bond donors (Lipinski definition) is 2. The van der Waals surface area contributed by atoms with E-state index in [1.807, 2.05) is 0 Å². The monoisotopic (exact) mass is 439 g/mol. The molecule has 1 aromatic carbocycles. The first kappa shape index (κ1) is 24.2. The van der Waals surface area contributed by atoms with Gasteiger partial charge in [0.2, 0.25) is 11.7 Å². The molecule has 3 rings (SSSR count). The molecule has 1 aromatic heterocycles. The third kappa shape index (κ3) is 6.22. The molecule has 170 valence electrons. The van der Waals surface area contributed by atoms with Crippen molar-refractivity contribution in [1.29, 1.82) is 5.41 Å². The summed E-state index contributed by atoms with van der Waals surface area (Å²) in [6.07, 6.45) is 0.872. The number of likely N-dealkylation sites (tertiary alicyclic amines) is 1. The fourth-order valence-electron chi connectivity index (χ4n) is 2.96. The van der Waals surface area contributed by atoms with Crippen LogP contribution in [-0.4, -0.2) is 34.2 Å². The van der Waals surface area contributed by atoms with Crippen LogP contribution in [0.2, 0.25) is 0 Å². The van der Waals surface area contributed by atoms with Crippen molar-refractivity contribution in [3.05, 3.63) is 42.3 Å². The van der Waals surface area contributed by atoms with Crippen LogP contribution in [0.25, 0.3) is 11.4 Å². The zero-order chi connectivity index (χ0) is 23.0. The zero-order valence-electron chi connectivity index (χ0n) is 17.7. The molecule has 1 fully saturated rings. The second-order valence-electron chi connectivity index (χ2n) is 7.00. The van der Waals surface area contributed by atoms with Gasteiger partial charge in [0.05, 0.1) is 5.56 Å². The summed E-state index contributed by atoms with van der Waals surface area (Å²) < 4.78 is 50.4. The number of guanidine groups is 1. The van der Waals surface area contributed by atoms with E-state index in [0.717, 1.165) is 12.5 Å². The number of unbranched alkanes of at least 4 members (excludes halogenated alkanes) is 1. The Kier molecular flexibility index (Phi) is 8.47. The highest BCUT2D eigenvalue weighted by Gasteiger charge is 2.36. The van der Waals surface area contributed by atoms with Gasteiger partial charge in [-0.05, 0) is 31.0 Å². The van der Waals surface area contributed by atoms with E-state index < -0.39 is 11.7 Å². The fourth-order valence-corrected chi connectivity index (χ4v) is 2.96. The molecule has 3 N–H and O–H groups in total. The molecule has 0 radical (unpaired) electrons. The van der Waals surface area contributed by atoms with Crippen molar-refractivity contribution in [2.75, 3.05) is 13.2 Å². The van der Waals surface area contributed by atoms with Crippen LogP contribution in [0, 0.1) is 5.41 Å². The van der Waals surface area contributed by atoms with Gasteiger partial charge in [-0.1, -0.05) is 44.5 Å². The van der Waals surface area contributed by atoms with E-state index in [2.05, 4.69) is 30.6 Å². The van der Waals surface area contributed by atoms with Gasteiger partial charge in [0.15, 0.2) is 5.96 Å². The summed E-state index contributed by atoms with van der Waals surface area (Å²) in [4.78, 5) is 5.83. The second-order valence-corrected chi connectivity index (χ2v) is 7.00. The Bertz CT molecular complexity index is 880. The molecule has 1 aliphatic rings. The van der Waals surface area contributed by atoms with E-state index in [9.17, 15) is 13.2 Å². The minimum Gasteiger partial charge on any atom is -0.489 e. The largest absolute Gasteiger partial charge is 0.489 e. The first-order valence-corrected chi connectivity index (χ1v) is 10.1. The number of nitrogens with two attached hydrogens (primary N) is 1. The van der Waals surface area contributed by atoms with Crippen molar-refractivity contribution in [3.8, 4) is 17.1 Å². The van der Waals surface area contributed by atoms with Gasteiger partial charge in [-0.2, -0.15) is 18.2 Å². The van der Waals surface area contributed by atoms with Crippen LogP contribution in [0.5, 0.6) is 5.75 Å². The Morgan fingerprint density at radius 1 is 1.39 bits per heavy atom. The molecule has 10 heteroatoms. The molecule has 0 unspecified atom stereocenters. The third-order valence-corrected chi connectivity index (χ3v) is 4.69. The summed E-state index contributed by atoms with van der Waals surface area (Å²) in [5.41, 5.74) is 4.76. The Balaban J connectivity index is 0.000000785. The Morgan fingerprint density at radius 2 is 2.10 bits per heavy atom. The van der Waals surface area contributed by atoms with Crippen LogP contribution >= 0.6 is 0 Å². The van der Waals surface area contributed by atoms with Gasteiger partial charge >= 0.3 is 6.18 Å². The number of aromatic nitrogens is 2. The van der Waals surface area contributed by atoms with Gasteiger partial charge in [-0.15, -0.1) is 0 Å². The molecule has 0 amide bonds. The number of rotatable bonds is 6. The summed E-state index contributed by atoms with van der Waals surface area (Å²) in [6.45, 7) is 8.33. The number of alkyl halides is 3. The first-order chi connectivity index (χ1) is 14.7. The van der Waals surface area contributed by atoms with Crippen molar-refractivity contribution < 1.29 is 22.4 Å². The van der Waals surface area contributed by atoms with Gasteiger partial charge in [0.25, 0.3) is 0 Å². The van der Waals surface area contributed by atoms with E-state index >= 15 is 0 Å². The lowest BCUT2D eigenvalue weighted by molar-refractivity contribution is -0.138. The molecular weight excluding hydrogens is 411 g/mol. The van der Waals surface area contributed by atoms with Crippen molar-refractivity contribution in [1.82, 2.24) is 15.0 Å². The van der Waals surface area contributed by atoms with Crippen LogP contribution < -0.4 is 10.5 Å². The Labute approximate surface area is 179 Å². The number of nitrogens with one attached hydrogen (secondary N) is 1. The summed E-state index contributed by atoms with van der Waals surface area (Å²) in [5.74, 6) is -0.159. The molecule has 0 spiro atoms. The second kappa shape index (κ2) is 10.8. The SMILES string of the molecule is C=CCOc1ccc(-c2noc([C@@H]3CCCN3C(=N)N)n2)cc1C(F)(F)F.CCCC. The van der Waals surface area contributed by atoms with Gasteiger partial charge in [0, 0.05) is 12.1 Å². The smallest absolute Gasteiger partial charge is 0.419 e. The van der Waals surface area contributed by atoms with Crippen LogP contribution in [0.15, 0.2) is 35.4 Å². The average Bonchev–Trinajstić information content (AvgIpc) is 3.41. The van der Waals surface area contributed by atoms with Crippen LogP contribution in [0.3, 0.4) is 0 Å². The molecule has 1 atom stereocenters. The summed E-state index contributed by atoms with van der Waals surface area (Å²) in [7, 11) is 0. The Hall–Kier alpha value is -3.04. The van der Waals surface area contributed by atoms with Gasteiger partial charge in [-0.25, -0.2) is 0 Å². The highest BCUT2D eigenvalue weighted by molar-refractivity contribution is 5.75. The molecule has 1 saturated heterocycles. The molecule has 1 aliphatic heterocycles. The molecule has 0 saturated carbocycles. The van der Waals surface area contributed by atoms with Crippen LogP contribution in [0.4, 0.5) is 13.2 Å². The molecular formula is C21H28F3N5O2. The zero-order valence-corrected chi connectivity index (χ0v) is 17.7. The number of hydrogen-bond acceptors (Lipinski definition) is 5. The molecule has 2 heterocycles. The van der Waals surface area contributed by atoms with E-state index in [-0.39, 0.29) is 41.6 Å². The van der Waals surface area contributed by atoms with E-state index in [1.165, 1.54) is 31.1 Å². The van der Waals surface area contributed by atoms with Gasteiger partial charge in [0.1, 0.15) is 18.4 Å². The topological polar surface area (TPSA) is 101 Å². The maximum atomic E-state index is 13.3. The quantitative estimate of drug-likeness (QED) is 0.366. The van der Waals surface area contributed by atoms with E-state index in [4.69, 9.17) is 20.4 Å². The van der Waals surface area contributed by atoms with Crippen molar-refractivity contribution in [2.45, 2.75) is 51.7 Å². The lowest BCUT2D eigenvalue weighted by atomic mass is 10.1. The molecule has 0 bridgehead atoms. The first-order valence-electron chi connectivity index (χ1n) is 10.1.